The van der Waals surface area contributed by atoms with Crippen LogP contribution < -0.4 is 0 Å². The molecule has 0 aromatic rings. The normalized spacial score (nSPS) is 12.4. The van der Waals surface area contributed by atoms with Crippen LogP contribution in [0.5, 0.6) is 0 Å². The lowest BCUT2D eigenvalue weighted by Gasteiger charge is -1.91. The van der Waals surface area contributed by atoms with Crippen LogP contribution in [-0.2, 0) is 0 Å². The van der Waals surface area contributed by atoms with E-state index in [1.54, 1.807) is 6.08 Å². The van der Waals surface area contributed by atoms with Crippen LogP contribution in [0.2, 0.25) is 0 Å². The summed E-state index contributed by atoms with van der Waals surface area (Å²) in [6.07, 6.45) is 7.43. The summed E-state index contributed by atoms with van der Waals surface area (Å²) in [7, 11) is 0. The van der Waals surface area contributed by atoms with Crippen molar-refractivity contribution in [2.45, 2.75) is 26.7 Å². The highest BCUT2D eigenvalue weighted by Gasteiger charge is 1.89. The van der Waals surface area contributed by atoms with Crippen LogP contribution in [-0.4, -0.2) is 0 Å². The monoisotopic (exact) mass is 161 g/mol. The second-order valence-electron chi connectivity index (χ2n) is 2.67. The maximum absolute atomic E-state index is 8.67. The molecule has 0 saturated carbocycles. The highest BCUT2D eigenvalue weighted by Crippen LogP contribution is 2.04. The molecule has 64 valence electrons. The zero-order valence-corrected chi connectivity index (χ0v) is 7.80. The summed E-state index contributed by atoms with van der Waals surface area (Å²) in [4.78, 5) is 0. The average molecular weight is 161 g/mol. The van der Waals surface area contributed by atoms with E-state index in [-0.39, 0.29) is 0 Å². The molecule has 0 spiro atoms. The van der Waals surface area contributed by atoms with Crippen LogP contribution >= 0.6 is 0 Å². The van der Waals surface area contributed by atoms with Crippen molar-refractivity contribution in [3.8, 4) is 6.07 Å². The molecule has 0 rings (SSSR count). The van der Waals surface area contributed by atoms with Gasteiger partial charge in [-0.3, -0.25) is 0 Å². The van der Waals surface area contributed by atoms with E-state index in [0.717, 1.165) is 24.0 Å². The molecule has 0 N–H and O–H groups in total. The van der Waals surface area contributed by atoms with Crippen LogP contribution in [0.1, 0.15) is 26.7 Å². The van der Waals surface area contributed by atoms with Gasteiger partial charge in [-0.25, -0.2) is 0 Å². The molecule has 0 unspecified atom stereocenters. The Bertz CT molecular complexity index is 238. The summed E-state index contributed by atoms with van der Waals surface area (Å²) in [5, 5.41) is 8.67. The van der Waals surface area contributed by atoms with Crippen molar-refractivity contribution in [2.75, 3.05) is 0 Å². The third-order valence-corrected chi connectivity index (χ3v) is 1.53. The molecule has 0 aliphatic rings. The van der Waals surface area contributed by atoms with Crippen molar-refractivity contribution in [3.63, 3.8) is 0 Å². The standard InChI is InChI=1S/C11H15N/c1-4-6-11(9-12)8-7-10(3)5-2/h5,7-8H,2,4,6H2,1,3H3/b10-7-,11-8+. The minimum atomic E-state index is 0.832. The summed E-state index contributed by atoms with van der Waals surface area (Å²) in [6, 6.07) is 2.16. The maximum Gasteiger partial charge on any atom is 0.0947 e. The van der Waals surface area contributed by atoms with E-state index in [0.29, 0.717) is 0 Å². The Morgan fingerprint density at radius 2 is 2.17 bits per heavy atom. The number of hydrogen-bond acceptors (Lipinski definition) is 1. The summed E-state index contributed by atoms with van der Waals surface area (Å²) in [5.74, 6) is 0. The molecule has 0 amide bonds. The predicted molar refractivity (Wildman–Crippen MR) is 52.6 cm³/mol. The SMILES string of the molecule is C=C/C(C)=C\C=C(\C#N)CCC. The van der Waals surface area contributed by atoms with Gasteiger partial charge in [0.05, 0.1) is 6.07 Å². The molecule has 0 atom stereocenters. The fourth-order valence-electron chi connectivity index (χ4n) is 0.746. The molecule has 1 nitrogen and oxygen atoms in total. The minimum absolute atomic E-state index is 0.832. The molecule has 0 aliphatic heterocycles. The highest BCUT2D eigenvalue weighted by molar-refractivity contribution is 5.29. The molecule has 0 fully saturated rings. The van der Waals surface area contributed by atoms with Crippen molar-refractivity contribution in [1.29, 1.82) is 5.26 Å². The summed E-state index contributed by atoms with van der Waals surface area (Å²) in [5.41, 5.74) is 1.91. The number of rotatable bonds is 4. The van der Waals surface area contributed by atoms with E-state index in [1.807, 2.05) is 19.1 Å². The quantitative estimate of drug-likeness (QED) is 0.458. The van der Waals surface area contributed by atoms with Gasteiger partial charge >= 0.3 is 0 Å². The number of allylic oxidation sites excluding steroid dienone is 5. The lowest BCUT2D eigenvalue weighted by Crippen LogP contribution is -1.76. The predicted octanol–water partition coefficient (Wildman–Crippen LogP) is 3.37. The first-order valence-corrected chi connectivity index (χ1v) is 4.14. The topological polar surface area (TPSA) is 23.8 Å². The number of hydrogen-bond donors (Lipinski definition) is 0. The first kappa shape index (κ1) is 10.7. The van der Waals surface area contributed by atoms with Crippen molar-refractivity contribution in [1.82, 2.24) is 0 Å². The van der Waals surface area contributed by atoms with E-state index in [4.69, 9.17) is 5.26 Å². The molecule has 0 aliphatic carbocycles. The van der Waals surface area contributed by atoms with Gasteiger partial charge in [0.1, 0.15) is 0 Å². The third kappa shape index (κ3) is 4.51. The van der Waals surface area contributed by atoms with Gasteiger partial charge in [-0.1, -0.05) is 37.6 Å². The van der Waals surface area contributed by atoms with E-state index < -0.39 is 0 Å². The van der Waals surface area contributed by atoms with Crippen LogP contribution in [0.3, 0.4) is 0 Å². The second kappa shape index (κ2) is 6.42. The second-order valence-corrected chi connectivity index (χ2v) is 2.67. The molecule has 0 aromatic carbocycles. The zero-order valence-electron chi connectivity index (χ0n) is 7.80. The van der Waals surface area contributed by atoms with Gasteiger partial charge in [-0.05, 0) is 19.4 Å². The van der Waals surface area contributed by atoms with Crippen LogP contribution in [0, 0.1) is 11.3 Å². The lowest BCUT2D eigenvalue weighted by atomic mass is 10.1. The third-order valence-electron chi connectivity index (χ3n) is 1.53. The van der Waals surface area contributed by atoms with Gasteiger partial charge in [-0.2, -0.15) is 5.26 Å². The van der Waals surface area contributed by atoms with Gasteiger partial charge in [-0.15, -0.1) is 0 Å². The first-order valence-electron chi connectivity index (χ1n) is 4.14. The van der Waals surface area contributed by atoms with Crippen molar-refractivity contribution in [2.24, 2.45) is 0 Å². The van der Waals surface area contributed by atoms with Crippen LogP contribution in [0.15, 0.2) is 36.0 Å². The fraction of sp³-hybridized carbons (Fsp3) is 0.364. The Morgan fingerprint density at radius 1 is 1.50 bits per heavy atom. The lowest BCUT2D eigenvalue weighted by molar-refractivity contribution is 0.929. The van der Waals surface area contributed by atoms with Crippen molar-refractivity contribution >= 4 is 0 Å². The average Bonchev–Trinajstić information content (AvgIpc) is 2.11. The number of nitriles is 1. The molecule has 1 heteroatoms. The molecule has 0 radical (unpaired) electrons. The van der Waals surface area contributed by atoms with Gasteiger partial charge < -0.3 is 0 Å². The molecule has 0 bridgehead atoms. The van der Waals surface area contributed by atoms with E-state index >= 15 is 0 Å². The summed E-state index contributed by atoms with van der Waals surface area (Å²) in [6.45, 7) is 7.66. The smallest absolute Gasteiger partial charge is 0.0947 e. The molecule has 0 aromatic heterocycles. The minimum Gasteiger partial charge on any atom is -0.193 e. The van der Waals surface area contributed by atoms with E-state index in [9.17, 15) is 0 Å². The van der Waals surface area contributed by atoms with E-state index in [2.05, 4.69) is 19.6 Å². The maximum atomic E-state index is 8.67. The summed E-state index contributed by atoms with van der Waals surface area (Å²) >= 11 is 0. The highest BCUT2D eigenvalue weighted by atomic mass is 14.2. The van der Waals surface area contributed by atoms with Crippen LogP contribution in [0.25, 0.3) is 0 Å². The van der Waals surface area contributed by atoms with Gasteiger partial charge in [0.15, 0.2) is 0 Å². The van der Waals surface area contributed by atoms with Crippen molar-refractivity contribution < 1.29 is 0 Å². The largest absolute Gasteiger partial charge is 0.193 e. The Labute approximate surface area is 74.7 Å². The zero-order chi connectivity index (χ0) is 9.40. The van der Waals surface area contributed by atoms with Gasteiger partial charge in [0, 0.05) is 5.57 Å². The molecule has 0 saturated heterocycles. The Balaban J connectivity index is 4.31. The Morgan fingerprint density at radius 3 is 2.58 bits per heavy atom. The molecular weight excluding hydrogens is 146 g/mol. The van der Waals surface area contributed by atoms with E-state index in [1.165, 1.54) is 0 Å². The number of nitrogens with zero attached hydrogens (tertiary/aromatic N) is 1. The molecule has 0 heterocycles. The Hall–Kier alpha value is -1.29. The van der Waals surface area contributed by atoms with Crippen molar-refractivity contribution in [3.05, 3.63) is 36.0 Å². The van der Waals surface area contributed by atoms with Gasteiger partial charge in [0.2, 0.25) is 0 Å². The first-order chi connectivity index (χ1) is 5.74. The van der Waals surface area contributed by atoms with Gasteiger partial charge in [0.25, 0.3) is 0 Å². The molecule has 12 heavy (non-hydrogen) atoms. The molecular formula is C11H15N. The Kier molecular flexibility index (Phi) is 5.73. The summed E-state index contributed by atoms with van der Waals surface area (Å²) < 4.78 is 0. The van der Waals surface area contributed by atoms with Crippen LogP contribution in [0.4, 0.5) is 0 Å². The fourth-order valence-corrected chi connectivity index (χ4v) is 0.746.